The summed E-state index contributed by atoms with van der Waals surface area (Å²) in [6.45, 7) is 5.42. The number of aromatic nitrogens is 1. The van der Waals surface area contributed by atoms with Crippen molar-refractivity contribution in [3.05, 3.63) is 59.8 Å². The molecule has 0 aliphatic carbocycles. The molecule has 1 atom stereocenters. The maximum absolute atomic E-state index is 12.2. The molecule has 1 aliphatic rings. The summed E-state index contributed by atoms with van der Waals surface area (Å²) in [4.78, 5) is 23.3. The first-order valence-corrected chi connectivity index (χ1v) is 10.6. The van der Waals surface area contributed by atoms with Gasteiger partial charge in [-0.05, 0) is 50.6 Å². The van der Waals surface area contributed by atoms with E-state index in [4.69, 9.17) is 0 Å². The number of rotatable bonds is 8. The van der Waals surface area contributed by atoms with E-state index < -0.39 is 0 Å². The highest BCUT2D eigenvalue weighted by Crippen LogP contribution is 2.24. The Labute approximate surface area is 202 Å². The Morgan fingerprint density at radius 1 is 1.10 bits per heavy atom. The molecule has 3 rings (SSSR count). The Bertz CT molecular complexity index is 839. The minimum atomic E-state index is -0.0738. The number of nitrogens with one attached hydrogen (secondary N) is 3. The van der Waals surface area contributed by atoms with Gasteiger partial charge in [0.15, 0.2) is 5.96 Å². The number of halogens is 1. The van der Waals surface area contributed by atoms with Crippen molar-refractivity contribution in [3.8, 4) is 0 Å². The van der Waals surface area contributed by atoms with Gasteiger partial charge in [0.1, 0.15) is 5.82 Å². The first kappa shape index (κ1) is 25.1. The molecule has 168 valence electrons. The molecule has 0 saturated carbocycles. The number of benzene rings is 1. The first-order valence-electron chi connectivity index (χ1n) is 10.6. The van der Waals surface area contributed by atoms with Crippen molar-refractivity contribution in [1.29, 1.82) is 0 Å². The molecule has 1 saturated heterocycles. The van der Waals surface area contributed by atoms with Crippen molar-refractivity contribution in [3.63, 3.8) is 0 Å². The predicted octanol–water partition coefficient (Wildman–Crippen LogP) is 3.34. The van der Waals surface area contributed by atoms with Gasteiger partial charge in [-0.15, -0.1) is 24.0 Å². The fraction of sp³-hybridized carbons (Fsp3) is 0.435. The number of guanidine groups is 1. The van der Waals surface area contributed by atoms with Crippen molar-refractivity contribution in [2.45, 2.75) is 32.2 Å². The zero-order valence-electron chi connectivity index (χ0n) is 18.3. The quantitative estimate of drug-likeness (QED) is 0.274. The highest BCUT2D eigenvalue weighted by atomic mass is 127. The fourth-order valence-corrected chi connectivity index (χ4v) is 3.71. The van der Waals surface area contributed by atoms with Crippen LogP contribution in [0.25, 0.3) is 0 Å². The molecule has 1 amide bonds. The van der Waals surface area contributed by atoms with Gasteiger partial charge in [0.05, 0.1) is 6.04 Å². The Morgan fingerprint density at radius 2 is 1.84 bits per heavy atom. The van der Waals surface area contributed by atoms with Crippen molar-refractivity contribution in [1.82, 2.24) is 20.5 Å². The Morgan fingerprint density at radius 3 is 2.52 bits per heavy atom. The molecule has 3 N–H and O–H groups in total. The number of carbonyl (C=O) groups is 1. The largest absolute Gasteiger partial charge is 0.356 e. The maximum Gasteiger partial charge on any atom is 0.227 e. The van der Waals surface area contributed by atoms with Crippen molar-refractivity contribution >= 4 is 41.7 Å². The summed E-state index contributed by atoms with van der Waals surface area (Å²) in [5.41, 5.74) is 2.19. The van der Waals surface area contributed by atoms with Gasteiger partial charge < -0.3 is 16.0 Å². The fourth-order valence-electron chi connectivity index (χ4n) is 3.71. The smallest absolute Gasteiger partial charge is 0.227 e. The minimum absolute atomic E-state index is 0. The van der Waals surface area contributed by atoms with E-state index in [0.29, 0.717) is 30.8 Å². The van der Waals surface area contributed by atoms with Gasteiger partial charge in [0, 0.05) is 32.3 Å². The molecule has 31 heavy (non-hydrogen) atoms. The summed E-state index contributed by atoms with van der Waals surface area (Å²) in [5.74, 6) is 1.21. The van der Waals surface area contributed by atoms with Crippen LogP contribution in [0.1, 0.15) is 36.6 Å². The van der Waals surface area contributed by atoms with Gasteiger partial charge in [-0.25, -0.2) is 4.98 Å². The molecular formula is C23H33IN6O. The van der Waals surface area contributed by atoms with Crippen LogP contribution in [0.2, 0.25) is 0 Å². The second-order valence-corrected chi connectivity index (χ2v) is 7.51. The summed E-state index contributed by atoms with van der Waals surface area (Å²) in [5, 5.41) is 9.49. The minimum Gasteiger partial charge on any atom is -0.356 e. The van der Waals surface area contributed by atoms with E-state index in [-0.39, 0.29) is 29.9 Å². The number of aliphatic imine (C=N–C) groups is 1. The average Bonchev–Trinajstić information content (AvgIpc) is 3.28. The second kappa shape index (κ2) is 13.3. The number of nitrogens with zero attached hydrogens (tertiary/aromatic N) is 3. The number of carbonyl (C=O) groups excluding carboxylic acids is 1. The standard InChI is InChI=1S/C23H32N6O.HI/c1-18-9-8-12-21(27-18)28-22(30)13-14-25-23(24-2)26-17-20(29-15-6-7-16-29)19-10-4-3-5-11-19;/h3-5,8-12,20H,6-7,13-17H2,1-2H3,(H2,24,25,26)(H,27,28,30);1H. The summed E-state index contributed by atoms with van der Waals surface area (Å²) in [6, 6.07) is 16.5. The zero-order valence-corrected chi connectivity index (χ0v) is 20.6. The van der Waals surface area contributed by atoms with Gasteiger partial charge in [-0.3, -0.25) is 14.7 Å². The number of pyridine rings is 1. The Balaban J connectivity index is 0.00000341. The normalized spacial score (nSPS) is 15.1. The van der Waals surface area contributed by atoms with E-state index in [1.54, 1.807) is 13.1 Å². The van der Waals surface area contributed by atoms with E-state index in [1.165, 1.54) is 18.4 Å². The monoisotopic (exact) mass is 536 g/mol. The molecule has 1 aliphatic heterocycles. The molecular weight excluding hydrogens is 503 g/mol. The highest BCUT2D eigenvalue weighted by molar-refractivity contribution is 14.0. The molecule has 1 aromatic carbocycles. The summed E-state index contributed by atoms with van der Waals surface area (Å²) in [6.07, 6.45) is 2.84. The van der Waals surface area contributed by atoms with Crippen LogP contribution in [0, 0.1) is 6.92 Å². The lowest BCUT2D eigenvalue weighted by atomic mass is 10.1. The van der Waals surface area contributed by atoms with Gasteiger partial charge in [-0.1, -0.05) is 36.4 Å². The van der Waals surface area contributed by atoms with Crippen molar-refractivity contribution in [2.24, 2.45) is 4.99 Å². The third-order valence-corrected chi connectivity index (χ3v) is 5.25. The van der Waals surface area contributed by atoms with Gasteiger partial charge in [-0.2, -0.15) is 0 Å². The number of aryl methyl sites for hydroxylation is 1. The molecule has 7 nitrogen and oxygen atoms in total. The lowest BCUT2D eigenvalue weighted by molar-refractivity contribution is -0.116. The van der Waals surface area contributed by atoms with E-state index in [1.807, 2.05) is 19.1 Å². The molecule has 8 heteroatoms. The summed E-state index contributed by atoms with van der Waals surface area (Å²) in [7, 11) is 1.75. The van der Waals surface area contributed by atoms with Gasteiger partial charge >= 0.3 is 0 Å². The van der Waals surface area contributed by atoms with Crippen LogP contribution >= 0.6 is 24.0 Å². The molecule has 1 fully saturated rings. The lowest BCUT2D eigenvalue weighted by Crippen LogP contribution is -2.43. The van der Waals surface area contributed by atoms with Crippen LogP contribution in [0.15, 0.2) is 53.5 Å². The van der Waals surface area contributed by atoms with Crippen LogP contribution in [0.5, 0.6) is 0 Å². The first-order chi connectivity index (χ1) is 14.7. The lowest BCUT2D eigenvalue weighted by Gasteiger charge is -2.29. The topological polar surface area (TPSA) is 81.6 Å². The molecule has 2 heterocycles. The SMILES string of the molecule is CN=C(NCCC(=O)Nc1cccc(C)n1)NCC(c1ccccc1)N1CCCC1.I. The van der Waals surface area contributed by atoms with E-state index in [2.05, 4.69) is 61.2 Å². The number of anilines is 1. The van der Waals surface area contributed by atoms with E-state index in [9.17, 15) is 4.79 Å². The second-order valence-electron chi connectivity index (χ2n) is 7.51. The molecule has 0 radical (unpaired) electrons. The Hall–Kier alpha value is -2.20. The molecule has 1 unspecified atom stereocenters. The van der Waals surface area contributed by atoms with Crippen LogP contribution in [-0.4, -0.2) is 55.0 Å². The third kappa shape index (κ3) is 8.10. The van der Waals surface area contributed by atoms with Crippen LogP contribution in [0.3, 0.4) is 0 Å². The highest BCUT2D eigenvalue weighted by Gasteiger charge is 2.23. The maximum atomic E-state index is 12.2. The summed E-state index contributed by atoms with van der Waals surface area (Å²) < 4.78 is 0. The molecule has 1 aromatic heterocycles. The number of likely N-dealkylation sites (tertiary alicyclic amines) is 1. The van der Waals surface area contributed by atoms with Crippen molar-refractivity contribution < 1.29 is 4.79 Å². The van der Waals surface area contributed by atoms with Gasteiger partial charge in [0.25, 0.3) is 0 Å². The molecule has 0 spiro atoms. The zero-order chi connectivity index (χ0) is 21.2. The van der Waals surface area contributed by atoms with E-state index >= 15 is 0 Å². The number of hydrogen-bond donors (Lipinski definition) is 3. The van der Waals surface area contributed by atoms with Crippen LogP contribution < -0.4 is 16.0 Å². The average molecular weight is 536 g/mol. The molecule has 0 bridgehead atoms. The van der Waals surface area contributed by atoms with Crippen LogP contribution in [0.4, 0.5) is 5.82 Å². The van der Waals surface area contributed by atoms with Crippen LogP contribution in [-0.2, 0) is 4.79 Å². The summed E-state index contributed by atoms with van der Waals surface area (Å²) >= 11 is 0. The molecule has 2 aromatic rings. The number of hydrogen-bond acceptors (Lipinski definition) is 4. The Kier molecular flexibility index (Phi) is 10.7. The van der Waals surface area contributed by atoms with Crippen molar-refractivity contribution in [2.75, 3.05) is 38.5 Å². The van der Waals surface area contributed by atoms with Gasteiger partial charge in [0.2, 0.25) is 5.91 Å². The predicted molar refractivity (Wildman–Crippen MR) is 137 cm³/mol. The third-order valence-electron chi connectivity index (χ3n) is 5.25. The number of amides is 1. The van der Waals surface area contributed by atoms with E-state index in [0.717, 1.165) is 25.3 Å².